The van der Waals surface area contributed by atoms with Crippen LogP contribution in [0, 0.1) is 5.82 Å². The fraction of sp³-hybridized carbons (Fsp3) is 0.286. The van der Waals surface area contributed by atoms with Crippen LogP contribution in [0.5, 0.6) is 0 Å². The summed E-state index contributed by atoms with van der Waals surface area (Å²) in [5.41, 5.74) is 1.63. The summed E-state index contributed by atoms with van der Waals surface area (Å²) in [6.07, 6.45) is 1.90. The van der Waals surface area contributed by atoms with E-state index in [1.165, 1.54) is 23.1 Å². The van der Waals surface area contributed by atoms with E-state index < -0.39 is 34.3 Å². The first-order valence-electron chi connectivity index (χ1n) is 12.2. The highest BCUT2D eigenvalue weighted by atomic mass is 79.9. The highest BCUT2D eigenvalue weighted by Gasteiger charge is 2.33. The van der Waals surface area contributed by atoms with Crippen LogP contribution in [0.2, 0.25) is 0 Å². The van der Waals surface area contributed by atoms with Crippen LogP contribution >= 0.6 is 15.9 Å². The fourth-order valence-electron chi connectivity index (χ4n) is 4.00. The number of nitrogens with one attached hydrogen (secondary N) is 1. The van der Waals surface area contributed by atoms with Gasteiger partial charge in [-0.25, -0.2) is 12.8 Å². The van der Waals surface area contributed by atoms with Crippen molar-refractivity contribution in [3.8, 4) is 0 Å². The Hall–Kier alpha value is -3.24. The molecule has 0 saturated carbocycles. The smallest absolute Gasteiger partial charge is 0.244 e. The summed E-state index contributed by atoms with van der Waals surface area (Å²) in [6.45, 7) is 1.83. The van der Waals surface area contributed by atoms with Gasteiger partial charge >= 0.3 is 0 Å². The van der Waals surface area contributed by atoms with Crippen molar-refractivity contribution < 1.29 is 22.4 Å². The highest BCUT2D eigenvalue weighted by molar-refractivity contribution is 9.10. The molecule has 0 spiro atoms. The first-order chi connectivity index (χ1) is 18.1. The Morgan fingerprint density at radius 3 is 2.29 bits per heavy atom. The van der Waals surface area contributed by atoms with Crippen molar-refractivity contribution in [2.45, 2.75) is 32.4 Å². The van der Waals surface area contributed by atoms with Crippen LogP contribution in [0.3, 0.4) is 0 Å². The maximum atomic E-state index is 14.0. The number of hydrogen-bond acceptors (Lipinski definition) is 4. The normalized spacial score (nSPS) is 12.0. The largest absolute Gasteiger partial charge is 0.354 e. The van der Waals surface area contributed by atoms with Gasteiger partial charge in [-0.1, -0.05) is 71.4 Å². The Labute approximate surface area is 231 Å². The zero-order valence-electron chi connectivity index (χ0n) is 21.3. The van der Waals surface area contributed by atoms with Crippen LogP contribution in [0.1, 0.15) is 24.5 Å². The topological polar surface area (TPSA) is 86.8 Å². The summed E-state index contributed by atoms with van der Waals surface area (Å²) in [5, 5.41) is 2.88. The molecule has 0 saturated heterocycles. The lowest BCUT2D eigenvalue weighted by Gasteiger charge is -2.33. The van der Waals surface area contributed by atoms with E-state index in [0.717, 1.165) is 32.2 Å². The Balaban J connectivity index is 2.04. The number of carbonyl (C=O) groups is 2. The summed E-state index contributed by atoms with van der Waals surface area (Å²) in [5.74, 6) is -1.56. The van der Waals surface area contributed by atoms with Crippen LogP contribution in [0.25, 0.3) is 0 Å². The van der Waals surface area contributed by atoms with Gasteiger partial charge in [-0.2, -0.15) is 0 Å². The molecule has 3 rings (SSSR count). The molecule has 0 bridgehead atoms. The van der Waals surface area contributed by atoms with Gasteiger partial charge in [0.15, 0.2) is 0 Å². The summed E-state index contributed by atoms with van der Waals surface area (Å²) in [4.78, 5) is 28.7. The van der Waals surface area contributed by atoms with Gasteiger partial charge in [0, 0.05) is 24.0 Å². The second kappa shape index (κ2) is 13.5. The van der Waals surface area contributed by atoms with Crippen molar-refractivity contribution in [2.75, 3.05) is 23.7 Å². The molecule has 0 aliphatic carbocycles. The number of carbonyl (C=O) groups excluding carboxylic acids is 2. The SMILES string of the molecule is CCCNC(=O)[C@H](Cc1ccccc1)N(Cc1cccc(Br)c1)C(=O)CN(c1cccc(F)c1)S(C)(=O)=O. The molecule has 3 aromatic rings. The third-order valence-electron chi connectivity index (χ3n) is 5.84. The number of anilines is 1. The van der Waals surface area contributed by atoms with Crippen LogP contribution < -0.4 is 9.62 Å². The fourth-order valence-corrected chi connectivity index (χ4v) is 5.29. The molecule has 0 radical (unpaired) electrons. The van der Waals surface area contributed by atoms with Crippen molar-refractivity contribution in [3.63, 3.8) is 0 Å². The third-order valence-corrected chi connectivity index (χ3v) is 7.47. The van der Waals surface area contributed by atoms with E-state index >= 15 is 0 Å². The maximum Gasteiger partial charge on any atom is 0.244 e. The molecule has 10 heteroatoms. The van der Waals surface area contributed by atoms with Gasteiger partial charge in [0.25, 0.3) is 0 Å². The number of hydrogen-bond donors (Lipinski definition) is 1. The summed E-state index contributed by atoms with van der Waals surface area (Å²) in [7, 11) is -3.95. The first kappa shape index (κ1) is 29.3. The molecule has 3 aromatic carbocycles. The maximum absolute atomic E-state index is 14.0. The zero-order valence-corrected chi connectivity index (χ0v) is 23.7. The van der Waals surface area contributed by atoms with Gasteiger partial charge in [0.05, 0.1) is 11.9 Å². The molecule has 0 unspecified atom stereocenters. The van der Waals surface area contributed by atoms with E-state index in [1.807, 2.05) is 61.5 Å². The number of sulfonamides is 1. The van der Waals surface area contributed by atoms with Crippen molar-refractivity contribution in [2.24, 2.45) is 0 Å². The van der Waals surface area contributed by atoms with Gasteiger partial charge < -0.3 is 10.2 Å². The van der Waals surface area contributed by atoms with Crippen molar-refractivity contribution in [1.29, 1.82) is 0 Å². The molecule has 1 atom stereocenters. The van der Waals surface area contributed by atoms with Gasteiger partial charge in [-0.15, -0.1) is 0 Å². The molecule has 2 amide bonds. The number of amides is 2. The lowest BCUT2D eigenvalue weighted by molar-refractivity contribution is -0.140. The predicted molar refractivity (Wildman–Crippen MR) is 151 cm³/mol. The summed E-state index contributed by atoms with van der Waals surface area (Å²) >= 11 is 3.44. The van der Waals surface area contributed by atoms with Crippen LogP contribution in [0.4, 0.5) is 10.1 Å². The van der Waals surface area contributed by atoms with Crippen molar-refractivity contribution >= 4 is 43.5 Å². The zero-order chi connectivity index (χ0) is 27.7. The van der Waals surface area contributed by atoms with Gasteiger partial charge in [0.1, 0.15) is 18.4 Å². The predicted octanol–water partition coefficient (Wildman–Crippen LogP) is 4.52. The third kappa shape index (κ3) is 8.39. The Morgan fingerprint density at radius 1 is 0.974 bits per heavy atom. The molecule has 0 aliphatic rings. The molecule has 0 fully saturated rings. The molecule has 0 aliphatic heterocycles. The summed E-state index contributed by atoms with van der Waals surface area (Å²) in [6, 6.07) is 20.8. The number of halogens is 2. The average Bonchev–Trinajstić information content (AvgIpc) is 2.87. The second-order valence-corrected chi connectivity index (χ2v) is 11.7. The molecule has 0 aromatic heterocycles. The van der Waals surface area contributed by atoms with Crippen LogP contribution in [0.15, 0.2) is 83.3 Å². The molecule has 0 heterocycles. The average molecular weight is 605 g/mol. The second-order valence-electron chi connectivity index (χ2n) is 8.90. The minimum absolute atomic E-state index is 0.0262. The van der Waals surface area contributed by atoms with Gasteiger partial charge in [0.2, 0.25) is 21.8 Å². The van der Waals surface area contributed by atoms with E-state index in [4.69, 9.17) is 0 Å². The standard InChI is InChI=1S/C28H31BrFN3O4S/c1-3-15-31-28(35)26(17-21-9-5-4-6-10-21)32(19-22-11-7-12-23(29)16-22)27(34)20-33(38(2,36)37)25-14-8-13-24(30)18-25/h4-14,16,18,26H,3,15,17,19-20H2,1-2H3,(H,31,35)/t26-/m0/s1. The number of nitrogens with zero attached hydrogens (tertiary/aromatic N) is 2. The molecular formula is C28H31BrFN3O4S. The minimum atomic E-state index is -3.95. The van der Waals surface area contributed by atoms with Crippen LogP contribution in [-0.4, -0.2) is 50.5 Å². The van der Waals surface area contributed by atoms with E-state index in [2.05, 4.69) is 21.2 Å². The van der Waals surface area contributed by atoms with Gasteiger partial charge in [-0.05, 0) is 47.9 Å². The van der Waals surface area contributed by atoms with Gasteiger partial charge in [-0.3, -0.25) is 13.9 Å². The first-order valence-corrected chi connectivity index (χ1v) is 14.8. The molecule has 202 valence electrons. The monoisotopic (exact) mass is 603 g/mol. The Morgan fingerprint density at radius 2 is 1.66 bits per heavy atom. The lowest BCUT2D eigenvalue weighted by Crippen LogP contribution is -2.53. The van der Waals surface area contributed by atoms with E-state index in [0.29, 0.717) is 13.0 Å². The Bertz CT molecular complexity index is 1350. The Kier molecular flexibility index (Phi) is 10.4. The minimum Gasteiger partial charge on any atom is -0.354 e. The van der Waals surface area contributed by atoms with E-state index in [1.54, 1.807) is 0 Å². The molecule has 1 N–H and O–H groups in total. The highest BCUT2D eigenvalue weighted by Crippen LogP contribution is 2.22. The molecule has 7 nitrogen and oxygen atoms in total. The van der Waals surface area contributed by atoms with Crippen molar-refractivity contribution in [1.82, 2.24) is 10.2 Å². The van der Waals surface area contributed by atoms with Crippen LogP contribution in [-0.2, 0) is 32.6 Å². The summed E-state index contributed by atoms with van der Waals surface area (Å²) < 4.78 is 41.0. The van der Waals surface area contributed by atoms with E-state index in [-0.39, 0.29) is 24.6 Å². The molecule has 38 heavy (non-hydrogen) atoms. The lowest BCUT2D eigenvalue weighted by atomic mass is 10.0. The molecular weight excluding hydrogens is 573 g/mol. The van der Waals surface area contributed by atoms with Crippen molar-refractivity contribution in [3.05, 3.63) is 100 Å². The number of benzene rings is 3. The quantitative estimate of drug-likeness (QED) is 0.330. The number of rotatable bonds is 12. The van der Waals surface area contributed by atoms with E-state index in [9.17, 15) is 22.4 Å².